The van der Waals surface area contributed by atoms with Crippen molar-refractivity contribution in [2.75, 3.05) is 11.9 Å². The maximum atomic E-state index is 6.29. The Morgan fingerprint density at radius 3 is 2.26 bits per heavy atom. The lowest BCUT2D eigenvalue weighted by Gasteiger charge is -2.21. The van der Waals surface area contributed by atoms with Gasteiger partial charge in [0.1, 0.15) is 0 Å². The van der Waals surface area contributed by atoms with Crippen molar-refractivity contribution in [1.29, 1.82) is 0 Å². The molecule has 2 rings (SSSR count). The minimum Gasteiger partial charge on any atom is -0.369 e. The van der Waals surface area contributed by atoms with Gasteiger partial charge in [-0.1, -0.05) is 45.7 Å². The zero-order valence-electron chi connectivity index (χ0n) is 10.5. The van der Waals surface area contributed by atoms with Gasteiger partial charge in [-0.2, -0.15) is 0 Å². The second-order valence-electron chi connectivity index (χ2n) is 4.40. The first kappa shape index (κ1) is 14.7. The number of rotatable bonds is 4. The minimum absolute atomic E-state index is 0.483. The number of alkyl halides is 1. The Kier molecular flexibility index (Phi) is 5.14. The molecule has 19 heavy (non-hydrogen) atoms. The van der Waals surface area contributed by atoms with Crippen LogP contribution in [0.25, 0.3) is 0 Å². The van der Waals surface area contributed by atoms with Crippen LogP contribution in [0.1, 0.15) is 11.1 Å². The lowest BCUT2D eigenvalue weighted by atomic mass is 10.2. The first-order valence-electron chi connectivity index (χ1n) is 5.90. The van der Waals surface area contributed by atoms with Crippen LogP contribution in [0.2, 0.25) is 5.02 Å². The topological polar surface area (TPSA) is 3.24 Å². The predicted octanol–water partition coefficient (Wildman–Crippen LogP) is 5.48. The second kappa shape index (κ2) is 6.65. The summed E-state index contributed by atoms with van der Waals surface area (Å²) in [7, 11) is 2.03. The SMILES string of the molecule is CN(Cc1ccc(Br)cc1)c1ccc(CCl)cc1Cl. The van der Waals surface area contributed by atoms with E-state index < -0.39 is 0 Å². The molecule has 0 saturated carbocycles. The van der Waals surface area contributed by atoms with Crippen LogP contribution in [0.4, 0.5) is 5.69 Å². The van der Waals surface area contributed by atoms with Crippen molar-refractivity contribution in [2.45, 2.75) is 12.4 Å². The molecule has 1 nitrogen and oxygen atoms in total. The molecular formula is C15H14BrCl2N. The van der Waals surface area contributed by atoms with Crippen LogP contribution in [0, 0.1) is 0 Å². The van der Waals surface area contributed by atoms with E-state index in [1.165, 1.54) is 5.56 Å². The van der Waals surface area contributed by atoms with E-state index in [-0.39, 0.29) is 0 Å². The van der Waals surface area contributed by atoms with E-state index in [0.29, 0.717) is 5.88 Å². The van der Waals surface area contributed by atoms with Gasteiger partial charge in [-0.25, -0.2) is 0 Å². The van der Waals surface area contributed by atoms with Crippen molar-refractivity contribution in [3.63, 3.8) is 0 Å². The number of anilines is 1. The van der Waals surface area contributed by atoms with Crippen LogP contribution in [0.15, 0.2) is 46.9 Å². The Hall–Kier alpha value is -0.700. The summed E-state index contributed by atoms with van der Waals surface area (Å²) in [6.07, 6.45) is 0. The zero-order valence-corrected chi connectivity index (χ0v) is 13.6. The van der Waals surface area contributed by atoms with E-state index in [0.717, 1.165) is 27.3 Å². The average molecular weight is 359 g/mol. The van der Waals surface area contributed by atoms with Gasteiger partial charge in [0, 0.05) is 23.9 Å². The molecule has 0 saturated heterocycles. The molecule has 100 valence electrons. The van der Waals surface area contributed by atoms with Gasteiger partial charge in [-0.05, 0) is 35.4 Å². The highest BCUT2D eigenvalue weighted by Crippen LogP contribution is 2.27. The molecule has 2 aromatic carbocycles. The summed E-state index contributed by atoms with van der Waals surface area (Å²) in [5.41, 5.74) is 3.29. The summed E-state index contributed by atoms with van der Waals surface area (Å²) < 4.78 is 1.09. The molecule has 0 aromatic heterocycles. The van der Waals surface area contributed by atoms with Crippen molar-refractivity contribution >= 4 is 44.8 Å². The van der Waals surface area contributed by atoms with Crippen molar-refractivity contribution in [3.8, 4) is 0 Å². The van der Waals surface area contributed by atoms with Gasteiger partial charge in [0.15, 0.2) is 0 Å². The number of hydrogen-bond acceptors (Lipinski definition) is 1. The summed E-state index contributed by atoms with van der Waals surface area (Å²) in [6, 6.07) is 14.2. The Bertz CT molecular complexity index is 555. The van der Waals surface area contributed by atoms with Gasteiger partial charge < -0.3 is 4.90 Å². The molecule has 0 N–H and O–H groups in total. The Morgan fingerprint density at radius 2 is 1.68 bits per heavy atom. The molecule has 0 unspecified atom stereocenters. The summed E-state index contributed by atoms with van der Waals surface area (Å²) in [5, 5.41) is 0.734. The summed E-state index contributed by atoms with van der Waals surface area (Å²) in [4.78, 5) is 2.13. The number of benzene rings is 2. The van der Waals surface area contributed by atoms with Crippen LogP contribution in [-0.2, 0) is 12.4 Å². The third-order valence-electron chi connectivity index (χ3n) is 2.91. The third kappa shape index (κ3) is 3.88. The van der Waals surface area contributed by atoms with E-state index in [1.54, 1.807) is 0 Å². The Labute approximate surface area is 132 Å². The molecule has 0 aliphatic carbocycles. The monoisotopic (exact) mass is 357 g/mol. The highest BCUT2D eigenvalue weighted by atomic mass is 79.9. The molecule has 0 aliphatic heterocycles. The van der Waals surface area contributed by atoms with Gasteiger partial charge >= 0.3 is 0 Å². The van der Waals surface area contributed by atoms with Crippen LogP contribution in [0.5, 0.6) is 0 Å². The number of hydrogen-bond donors (Lipinski definition) is 0. The second-order valence-corrected chi connectivity index (χ2v) is 5.99. The standard InChI is InChI=1S/C15H14BrCl2N/c1-19(10-11-2-5-13(16)6-3-11)15-7-4-12(9-17)8-14(15)18/h2-8H,9-10H2,1H3. The molecule has 0 spiro atoms. The highest BCUT2D eigenvalue weighted by Gasteiger charge is 2.07. The highest BCUT2D eigenvalue weighted by molar-refractivity contribution is 9.10. The average Bonchev–Trinajstić information content (AvgIpc) is 2.41. The zero-order chi connectivity index (χ0) is 13.8. The summed E-state index contributed by atoms with van der Waals surface area (Å²) >= 11 is 15.5. The van der Waals surface area contributed by atoms with Gasteiger partial charge in [0.25, 0.3) is 0 Å². The Morgan fingerprint density at radius 1 is 1.05 bits per heavy atom. The van der Waals surface area contributed by atoms with Crippen molar-refractivity contribution < 1.29 is 0 Å². The maximum Gasteiger partial charge on any atom is 0.0642 e. The number of nitrogens with zero attached hydrogens (tertiary/aromatic N) is 1. The molecule has 2 aromatic rings. The van der Waals surface area contributed by atoms with Crippen LogP contribution < -0.4 is 4.90 Å². The fourth-order valence-electron chi connectivity index (χ4n) is 1.89. The van der Waals surface area contributed by atoms with E-state index in [9.17, 15) is 0 Å². The first-order chi connectivity index (χ1) is 9.10. The van der Waals surface area contributed by atoms with E-state index in [1.807, 2.05) is 37.4 Å². The van der Waals surface area contributed by atoms with Gasteiger partial charge in [0.05, 0.1) is 10.7 Å². The smallest absolute Gasteiger partial charge is 0.0642 e. The minimum atomic E-state index is 0.483. The summed E-state index contributed by atoms with van der Waals surface area (Å²) in [5.74, 6) is 0.483. The fraction of sp³-hybridized carbons (Fsp3) is 0.200. The molecular weight excluding hydrogens is 345 g/mol. The Balaban J connectivity index is 2.15. The molecule has 0 heterocycles. The van der Waals surface area contributed by atoms with Crippen LogP contribution in [0.3, 0.4) is 0 Å². The lowest BCUT2D eigenvalue weighted by molar-refractivity contribution is 0.922. The van der Waals surface area contributed by atoms with Gasteiger partial charge in [-0.15, -0.1) is 11.6 Å². The van der Waals surface area contributed by atoms with Crippen LogP contribution >= 0.6 is 39.1 Å². The van der Waals surface area contributed by atoms with E-state index in [2.05, 4.69) is 33.0 Å². The quantitative estimate of drug-likeness (QED) is 0.654. The predicted molar refractivity (Wildman–Crippen MR) is 87.3 cm³/mol. The van der Waals surface area contributed by atoms with Crippen molar-refractivity contribution in [3.05, 3.63) is 63.1 Å². The van der Waals surface area contributed by atoms with E-state index >= 15 is 0 Å². The number of halogens is 3. The first-order valence-corrected chi connectivity index (χ1v) is 7.60. The molecule has 0 aliphatic rings. The molecule has 0 radical (unpaired) electrons. The molecule has 0 fully saturated rings. The molecule has 0 amide bonds. The van der Waals surface area contributed by atoms with Crippen molar-refractivity contribution in [1.82, 2.24) is 0 Å². The van der Waals surface area contributed by atoms with Crippen molar-refractivity contribution in [2.24, 2.45) is 0 Å². The molecule has 0 bridgehead atoms. The summed E-state index contributed by atoms with van der Waals surface area (Å²) in [6.45, 7) is 0.813. The third-order valence-corrected chi connectivity index (χ3v) is 4.05. The lowest BCUT2D eigenvalue weighted by Crippen LogP contribution is -2.16. The normalized spacial score (nSPS) is 10.5. The van der Waals surface area contributed by atoms with Crippen LogP contribution in [-0.4, -0.2) is 7.05 Å². The van der Waals surface area contributed by atoms with Gasteiger partial charge in [0.2, 0.25) is 0 Å². The van der Waals surface area contributed by atoms with E-state index in [4.69, 9.17) is 23.2 Å². The largest absolute Gasteiger partial charge is 0.369 e. The fourth-order valence-corrected chi connectivity index (χ4v) is 2.67. The van der Waals surface area contributed by atoms with Gasteiger partial charge in [-0.3, -0.25) is 0 Å². The maximum absolute atomic E-state index is 6.29. The molecule has 0 atom stereocenters. The molecule has 4 heteroatoms.